The number of hydrogen-bond acceptors (Lipinski definition) is 4. The topological polar surface area (TPSA) is 65.4 Å². The number of ether oxygens (including phenoxy) is 2. The standard InChI is InChI=1S/C23H27N3O3/c1-4-28-12-13-29-16-19-6-5-7-21(15-19)24-23(27)20-8-10-22(11-9-20)26-18(3)14-17(2)25-26/h5-11,14-15H,4,12-13,16H2,1-3H3,(H,24,27). The van der Waals surface area contributed by atoms with E-state index in [2.05, 4.69) is 10.4 Å². The lowest BCUT2D eigenvalue weighted by Gasteiger charge is -2.09. The van der Waals surface area contributed by atoms with Crippen molar-refractivity contribution in [1.29, 1.82) is 0 Å². The van der Waals surface area contributed by atoms with E-state index in [9.17, 15) is 4.79 Å². The van der Waals surface area contributed by atoms with E-state index in [1.54, 1.807) is 0 Å². The lowest BCUT2D eigenvalue weighted by atomic mass is 10.1. The molecule has 0 bridgehead atoms. The number of nitrogens with zero attached hydrogens (tertiary/aromatic N) is 2. The second-order valence-corrected chi connectivity index (χ2v) is 6.79. The van der Waals surface area contributed by atoms with E-state index in [0.29, 0.717) is 32.0 Å². The average Bonchev–Trinajstić information content (AvgIpc) is 3.06. The summed E-state index contributed by atoms with van der Waals surface area (Å²) in [4.78, 5) is 12.6. The van der Waals surface area contributed by atoms with E-state index in [-0.39, 0.29) is 5.91 Å². The Morgan fingerprint density at radius 1 is 1.03 bits per heavy atom. The zero-order valence-electron chi connectivity index (χ0n) is 17.1. The van der Waals surface area contributed by atoms with Crippen molar-refractivity contribution in [3.05, 3.63) is 77.1 Å². The third-order valence-corrected chi connectivity index (χ3v) is 4.41. The molecule has 0 unspecified atom stereocenters. The van der Waals surface area contributed by atoms with E-state index >= 15 is 0 Å². The molecule has 29 heavy (non-hydrogen) atoms. The Morgan fingerprint density at radius 3 is 2.48 bits per heavy atom. The summed E-state index contributed by atoms with van der Waals surface area (Å²) in [6.07, 6.45) is 0. The van der Waals surface area contributed by atoms with Gasteiger partial charge in [-0.2, -0.15) is 5.10 Å². The summed E-state index contributed by atoms with van der Waals surface area (Å²) in [5.41, 5.74) is 5.28. The number of carbonyl (C=O) groups excluding carboxylic acids is 1. The van der Waals surface area contributed by atoms with Crippen LogP contribution in [0.4, 0.5) is 5.69 Å². The second-order valence-electron chi connectivity index (χ2n) is 6.79. The molecule has 2 aromatic carbocycles. The molecule has 152 valence electrons. The minimum absolute atomic E-state index is 0.153. The molecule has 3 aromatic rings. The molecule has 0 radical (unpaired) electrons. The fourth-order valence-corrected chi connectivity index (χ4v) is 3.04. The quantitative estimate of drug-likeness (QED) is 0.551. The molecule has 1 N–H and O–H groups in total. The fraction of sp³-hybridized carbons (Fsp3) is 0.304. The number of amides is 1. The Labute approximate surface area is 171 Å². The predicted octanol–water partition coefficient (Wildman–Crippen LogP) is 4.29. The minimum Gasteiger partial charge on any atom is -0.379 e. The highest BCUT2D eigenvalue weighted by atomic mass is 16.5. The summed E-state index contributed by atoms with van der Waals surface area (Å²) in [6.45, 7) is 8.23. The van der Waals surface area contributed by atoms with Gasteiger partial charge in [0.25, 0.3) is 5.91 Å². The number of rotatable bonds is 9. The molecule has 0 aliphatic carbocycles. The maximum atomic E-state index is 12.6. The van der Waals surface area contributed by atoms with Gasteiger partial charge in [0.05, 0.1) is 31.2 Å². The number of benzene rings is 2. The Morgan fingerprint density at radius 2 is 1.79 bits per heavy atom. The highest BCUT2D eigenvalue weighted by Gasteiger charge is 2.09. The fourth-order valence-electron chi connectivity index (χ4n) is 3.04. The molecule has 0 atom stereocenters. The van der Waals surface area contributed by atoms with Crippen molar-refractivity contribution < 1.29 is 14.3 Å². The third kappa shape index (κ3) is 5.76. The van der Waals surface area contributed by atoms with Gasteiger partial charge in [0.15, 0.2) is 0 Å². The molecule has 6 nitrogen and oxygen atoms in total. The number of aryl methyl sites for hydroxylation is 2. The number of carbonyl (C=O) groups is 1. The highest BCUT2D eigenvalue weighted by Crippen LogP contribution is 2.16. The smallest absolute Gasteiger partial charge is 0.255 e. The van der Waals surface area contributed by atoms with Crippen molar-refractivity contribution in [3.63, 3.8) is 0 Å². The largest absolute Gasteiger partial charge is 0.379 e. The Kier molecular flexibility index (Phi) is 7.16. The van der Waals surface area contributed by atoms with Crippen LogP contribution < -0.4 is 5.32 Å². The van der Waals surface area contributed by atoms with Crippen molar-refractivity contribution in [2.24, 2.45) is 0 Å². The molecule has 1 amide bonds. The van der Waals surface area contributed by atoms with Crippen molar-refractivity contribution >= 4 is 11.6 Å². The maximum Gasteiger partial charge on any atom is 0.255 e. The number of hydrogen-bond donors (Lipinski definition) is 1. The van der Waals surface area contributed by atoms with Gasteiger partial charge in [0.1, 0.15) is 0 Å². The van der Waals surface area contributed by atoms with E-state index in [0.717, 1.165) is 28.3 Å². The summed E-state index contributed by atoms with van der Waals surface area (Å²) < 4.78 is 12.7. The second kappa shape index (κ2) is 10.0. The monoisotopic (exact) mass is 393 g/mol. The molecule has 0 saturated heterocycles. The molecule has 1 heterocycles. The Hall–Kier alpha value is -2.96. The lowest BCUT2D eigenvalue weighted by Crippen LogP contribution is -2.12. The summed E-state index contributed by atoms with van der Waals surface area (Å²) in [7, 11) is 0. The van der Waals surface area contributed by atoms with Crippen molar-refractivity contribution in [3.8, 4) is 5.69 Å². The summed E-state index contributed by atoms with van der Waals surface area (Å²) in [6, 6.07) is 17.1. The number of nitrogens with one attached hydrogen (secondary N) is 1. The van der Waals surface area contributed by atoms with E-state index in [4.69, 9.17) is 9.47 Å². The molecule has 0 aliphatic rings. The van der Waals surface area contributed by atoms with Crippen molar-refractivity contribution in [2.75, 3.05) is 25.1 Å². The van der Waals surface area contributed by atoms with Crippen LogP contribution in [0.2, 0.25) is 0 Å². The van der Waals surface area contributed by atoms with E-state index < -0.39 is 0 Å². The molecular weight excluding hydrogens is 366 g/mol. The van der Waals surface area contributed by atoms with Gasteiger partial charge in [0.2, 0.25) is 0 Å². The SMILES string of the molecule is CCOCCOCc1cccc(NC(=O)c2ccc(-n3nc(C)cc3C)cc2)c1. The molecule has 3 rings (SSSR count). The van der Waals surface area contributed by atoms with Gasteiger partial charge in [-0.3, -0.25) is 4.79 Å². The molecule has 1 aromatic heterocycles. The van der Waals surface area contributed by atoms with Crippen LogP contribution in [-0.4, -0.2) is 35.5 Å². The van der Waals surface area contributed by atoms with Crippen molar-refractivity contribution in [2.45, 2.75) is 27.4 Å². The van der Waals surface area contributed by atoms with Gasteiger partial charge in [-0.15, -0.1) is 0 Å². The Bertz CT molecular complexity index is 948. The van der Waals surface area contributed by atoms with Gasteiger partial charge in [0, 0.05) is 23.6 Å². The predicted molar refractivity (Wildman–Crippen MR) is 114 cm³/mol. The van der Waals surface area contributed by atoms with Crippen LogP contribution in [0.1, 0.15) is 34.2 Å². The van der Waals surface area contributed by atoms with E-state index in [1.165, 1.54) is 0 Å². The van der Waals surface area contributed by atoms with Crippen LogP contribution in [0.5, 0.6) is 0 Å². The summed E-state index contributed by atoms with van der Waals surface area (Å²) in [5, 5.41) is 7.41. The van der Waals surface area contributed by atoms with Crippen LogP contribution >= 0.6 is 0 Å². The normalized spacial score (nSPS) is 10.9. The Balaban J connectivity index is 1.60. The zero-order chi connectivity index (χ0) is 20.6. The number of aromatic nitrogens is 2. The molecule has 0 spiro atoms. The van der Waals surface area contributed by atoms with Gasteiger partial charge in [-0.1, -0.05) is 12.1 Å². The highest BCUT2D eigenvalue weighted by molar-refractivity contribution is 6.04. The van der Waals surface area contributed by atoms with Crippen LogP contribution in [-0.2, 0) is 16.1 Å². The average molecular weight is 393 g/mol. The van der Waals surface area contributed by atoms with Gasteiger partial charge < -0.3 is 14.8 Å². The third-order valence-electron chi connectivity index (χ3n) is 4.41. The number of anilines is 1. The van der Waals surface area contributed by atoms with Gasteiger partial charge >= 0.3 is 0 Å². The first-order chi connectivity index (χ1) is 14.1. The first-order valence-electron chi connectivity index (χ1n) is 9.76. The molecular formula is C23H27N3O3. The van der Waals surface area contributed by atoms with Gasteiger partial charge in [-0.05, 0) is 68.8 Å². The summed E-state index contributed by atoms with van der Waals surface area (Å²) in [5.74, 6) is -0.153. The molecule has 0 aliphatic heterocycles. The van der Waals surface area contributed by atoms with E-state index in [1.807, 2.05) is 80.1 Å². The maximum absolute atomic E-state index is 12.6. The first kappa shape index (κ1) is 20.8. The summed E-state index contributed by atoms with van der Waals surface area (Å²) >= 11 is 0. The van der Waals surface area contributed by atoms with Crippen LogP contribution in [0.25, 0.3) is 5.69 Å². The minimum atomic E-state index is -0.153. The van der Waals surface area contributed by atoms with Crippen LogP contribution in [0.3, 0.4) is 0 Å². The first-order valence-corrected chi connectivity index (χ1v) is 9.76. The van der Waals surface area contributed by atoms with Crippen LogP contribution in [0.15, 0.2) is 54.6 Å². The van der Waals surface area contributed by atoms with Crippen LogP contribution in [0, 0.1) is 13.8 Å². The van der Waals surface area contributed by atoms with Crippen molar-refractivity contribution in [1.82, 2.24) is 9.78 Å². The molecule has 0 saturated carbocycles. The van der Waals surface area contributed by atoms with Gasteiger partial charge in [-0.25, -0.2) is 4.68 Å². The zero-order valence-corrected chi connectivity index (χ0v) is 17.1. The lowest BCUT2D eigenvalue weighted by molar-refractivity contribution is 0.0453. The molecule has 0 fully saturated rings. The molecule has 6 heteroatoms.